The third-order valence-electron chi connectivity index (χ3n) is 4.29. The van der Waals surface area contributed by atoms with Gasteiger partial charge in [-0.3, -0.25) is 9.55 Å². The van der Waals surface area contributed by atoms with E-state index in [4.69, 9.17) is 9.47 Å². The van der Waals surface area contributed by atoms with Crippen LogP contribution >= 0.6 is 11.3 Å². The summed E-state index contributed by atoms with van der Waals surface area (Å²) in [7, 11) is 1.25. The minimum atomic E-state index is -4.44. The van der Waals surface area contributed by atoms with Crippen LogP contribution in [0.4, 0.5) is 13.2 Å². The average Bonchev–Trinajstić information content (AvgIpc) is 3.35. The van der Waals surface area contributed by atoms with Crippen molar-refractivity contribution < 1.29 is 27.4 Å². The molecule has 0 unspecified atom stereocenters. The maximum atomic E-state index is 12.9. The maximum Gasteiger partial charge on any atom is 0.416 e. The van der Waals surface area contributed by atoms with Crippen LogP contribution in [0.3, 0.4) is 0 Å². The number of carbonyl (C=O) groups is 1. The molecule has 6 nitrogen and oxygen atoms in total. The predicted octanol–water partition coefficient (Wildman–Crippen LogP) is 4.87. The van der Waals surface area contributed by atoms with Crippen molar-refractivity contribution in [2.45, 2.75) is 12.8 Å². The normalized spacial score (nSPS) is 11.6. The summed E-state index contributed by atoms with van der Waals surface area (Å²) < 4.78 is 51.1. The van der Waals surface area contributed by atoms with Crippen LogP contribution in [0.5, 0.6) is 5.75 Å². The highest BCUT2D eigenvalue weighted by Gasteiger charge is 2.30. The Hall–Kier alpha value is -3.40. The summed E-state index contributed by atoms with van der Waals surface area (Å²) in [5, 5.41) is 0.642. The Labute approximate surface area is 172 Å². The number of rotatable bonds is 5. The molecule has 4 rings (SSSR count). The highest BCUT2D eigenvalue weighted by atomic mass is 32.1. The molecule has 0 N–H and O–H groups in total. The number of pyridine rings is 1. The fourth-order valence-corrected chi connectivity index (χ4v) is 3.87. The Morgan fingerprint density at radius 3 is 2.83 bits per heavy atom. The molecule has 0 saturated heterocycles. The molecule has 0 amide bonds. The summed E-state index contributed by atoms with van der Waals surface area (Å²) in [6, 6.07) is 8.26. The number of hydrogen-bond acceptors (Lipinski definition) is 6. The first-order valence-electron chi connectivity index (χ1n) is 8.65. The SMILES string of the molecule is COC(=O)c1sc(-n2cnc3cnccc32)cc1OCc1cccc(C(F)(F)F)c1. The van der Waals surface area contributed by atoms with E-state index < -0.39 is 17.7 Å². The molecular formula is C20H14F3N3O3S. The van der Waals surface area contributed by atoms with Crippen LogP contribution < -0.4 is 4.74 Å². The molecule has 0 aliphatic carbocycles. The van der Waals surface area contributed by atoms with Crippen molar-refractivity contribution in [1.29, 1.82) is 0 Å². The molecule has 3 aromatic heterocycles. The summed E-state index contributed by atoms with van der Waals surface area (Å²) >= 11 is 1.13. The molecule has 0 spiro atoms. The molecule has 0 atom stereocenters. The average molecular weight is 433 g/mol. The minimum absolute atomic E-state index is 0.140. The molecule has 154 valence electrons. The van der Waals surface area contributed by atoms with Gasteiger partial charge in [0.1, 0.15) is 29.2 Å². The lowest BCUT2D eigenvalue weighted by Gasteiger charge is -2.10. The topological polar surface area (TPSA) is 66.2 Å². The van der Waals surface area contributed by atoms with Crippen LogP contribution in [0.15, 0.2) is 55.1 Å². The zero-order valence-corrected chi connectivity index (χ0v) is 16.3. The van der Waals surface area contributed by atoms with Crippen molar-refractivity contribution in [2.24, 2.45) is 0 Å². The number of alkyl halides is 3. The van der Waals surface area contributed by atoms with Crippen molar-refractivity contribution in [3.63, 3.8) is 0 Å². The molecule has 0 aliphatic rings. The third kappa shape index (κ3) is 3.86. The molecule has 0 radical (unpaired) electrons. The Morgan fingerprint density at radius 1 is 1.23 bits per heavy atom. The van der Waals surface area contributed by atoms with Gasteiger partial charge < -0.3 is 9.47 Å². The Kier molecular flexibility index (Phi) is 5.17. The molecule has 30 heavy (non-hydrogen) atoms. The van der Waals surface area contributed by atoms with Crippen LogP contribution in [0, 0.1) is 0 Å². The van der Waals surface area contributed by atoms with Crippen molar-refractivity contribution in [2.75, 3.05) is 7.11 Å². The predicted molar refractivity (Wildman–Crippen MR) is 104 cm³/mol. The molecule has 3 heterocycles. The Morgan fingerprint density at radius 2 is 2.07 bits per heavy atom. The molecule has 1 aromatic carbocycles. The van der Waals surface area contributed by atoms with E-state index in [1.54, 1.807) is 35.4 Å². The van der Waals surface area contributed by atoms with Crippen LogP contribution in [0.1, 0.15) is 20.8 Å². The number of nitrogens with zero attached hydrogens (tertiary/aromatic N) is 3. The van der Waals surface area contributed by atoms with Crippen LogP contribution in [0.2, 0.25) is 0 Å². The van der Waals surface area contributed by atoms with Gasteiger partial charge in [0.25, 0.3) is 0 Å². The molecule has 10 heteroatoms. The van der Waals surface area contributed by atoms with E-state index >= 15 is 0 Å². The van der Waals surface area contributed by atoms with Crippen LogP contribution in [-0.4, -0.2) is 27.6 Å². The highest BCUT2D eigenvalue weighted by Crippen LogP contribution is 2.35. The van der Waals surface area contributed by atoms with E-state index in [1.807, 2.05) is 0 Å². The lowest BCUT2D eigenvalue weighted by atomic mass is 10.1. The largest absolute Gasteiger partial charge is 0.487 e. The number of aromatic nitrogens is 3. The number of methoxy groups -OCH3 is 1. The number of hydrogen-bond donors (Lipinski definition) is 0. The lowest BCUT2D eigenvalue weighted by Crippen LogP contribution is -2.06. The number of carbonyl (C=O) groups excluding carboxylic acids is 1. The third-order valence-corrected chi connectivity index (χ3v) is 5.39. The first-order chi connectivity index (χ1) is 14.4. The van der Waals surface area contributed by atoms with Gasteiger partial charge in [0.15, 0.2) is 4.88 Å². The van der Waals surface area contributed by atoms with E-state index in [-0.39, 0.29) is 17.2 Å². The molecule has 0 bridgehead atoms. The second-order valence-electron chi connectivity index (χ2n) is 6.24. The number of ether oxygens (including phenoxy) is 2. The second kappa shape index (κ2) is 7.79. The van der Waals surface area contributed by atoms with Gasteiger partial charge in [-0.15, -0.1) is 11.3 Å². The van der Waals surface area contributed by atoms with Gasteiger partial charge in [-0.2, -0.15) is 13.2 Å². The first kappa shape index (κ1) is 19.9. The number of esters is 1. The van der Waals surface area contributed by atoms with E-state index in [1.165, 1.54) is 19.2 Å². The summed E-state index contributed by atoms with van der Waals surface area (Å²) in [5.41, 5.74) is 1.03. The van der Waals surface area contributed by atoms with Gasteiger partial charge in [-0.05, 0) is 23.8 Å². The Bertz CT molecular complexity index is 1220. The van der Waals surface area contributed by atoms with E-state index in [0.717, 1.165) is 29.0 Å². The minimum Gasteiger partial charge on any atom is -0.487 e. The van der Waals surface area contributed by atoms with E-state index in [0.29, 0.717) is 16.1 Å². The van der Waals surface area contributed by atoms with Gasteiger partial charge in [-0.25, -0.2) is 9.78 Å². The summed E-state index contributed by atoms with van der Waals surface area (Å²) in [6.45, 7) is -0.140. The second-order valence-corrected chi connectivity index (χ2v) is 7.27. The van der Waals surface area contributed by atoms with Crippen molar-refractivity contribution in [3.8, 4) is 10.8 Å². The standard InChI is InChI=1S/C20H14F3N3O3S/c1-28-19(27)18-16(29-10-12-3-2-4-13(7-12)20(21,22)23)8-17(30-18)26-11-25-14-9-24-6-5-15(14)26/h2-9,11H,10H2,1H3. The van der Waals surface area contributed by atoms with Crippen LogP contribution in [0.25, 0.3) is 16.0 Å². The van der Waals surface area contributed by atoms with Gasteiger partial charge in [0.05, 0.1) is 24.4 Å². The zero-order valence-electron chi connectivity index (χ0n) is 15.5. The molecule has 0 saturated carbocycles. The van der Waals surface area contributed by atoms with Gasteiger partial charge in [0, 0.05) is 12.3 Å². The summed E-state index contributed by atoms with van der Waals surface area (Å²) in [6.07, 6.45) is 0.391. The highest BCUT2D eigenvalue weighted by molar-refractivity contribution is 7.16. The maximum absolute atomic E-state index is 12.9. The van der Waals surface area contributed by atoms with Crippen molar-refractivity contribution in [3.05, 3.63) is 71.1 Å². The number of benzene rings is 1. The first-order valence-corrected chi connectivity index (χ1v) is 9.47. The monoisotopic (exact) mass is 433 g/mol. The fraction of sp³-hybridized carbons (Fsp3) is 0.150. The number of halogens is 3. The summed E-state index contributed by atoms with van der Waals surface area (Å²) in [4.78, 5) is 20.7. The molecule has 0 fully saturated rings. The number of fused-ring (bicyclic) bond motifs is 1. The quantitative estimate of drug-likeness (QED) is 0.420. The van der Waals surface area contributed by atoms with Gasteiger partial charge in [0.2, 0.25) is 0 Å². The van der Waals surface area contributed by atoms with E-state index in [9.17, 15) is 18.0 Å². The number of imidazole rings is 1. The van der Waals surface area contributed by atoms with Gasteiger partial charge in [-0.1, -0.05) is 12.1 Å². The van der Waals surface area contributed by atoms with Crippen LogP contribution in [-0.2, 0) is 17.5 Å². The lowest BCUT2D eigenvalue weighted by molar-refractivity contribution is -0.137. The zero-order chi connectivity index (χ0) is 21.3. The fourth-order valence-electron chi connectivity index (χ4n) is 2.86. The summed E-state index contributed by atoms with van der Waals surface area (Å²) in [5.74, 6) is -0.383. The molecule has 0 aliphatic heterocycles. The van der Waals surface area contributed by atoms with Crippen molar-refractivity contribution >= 4 is 28.3 Å². The molecule has 4 aromatic rings. The van der Waals surface area contributed by atoms with E-state index in [2.05, 4.69) is 9.97 Å². The van der Waals surface area contributed by atoms with Gasteiger partial charge >= 0.3 is 12.1 Å². The smallest absolute Gasteiger partial charge is 0.416 e. The molecular weight excluding hydrogens is 419 g/mol. The Balaban J connectivity index is 1.65. The number of thiophene rings is 1. The van der Waals surface area contributed by atoms with Crippen molar-refractivity contribution in [1.82, 2.24) is 14.5 Å².